The molecule has 0 aliphatic rings. The van der Waals surface area contributed by atoms with Gasteiger partial charge in [-0.05, 0) is 42.8 Å². The Morgan fingerprint density at radius 1 is 1.04 bits per heavy atom. The van der Waals surface area contributed by atoms with Crippen molar-refractivity contribution in [3.63, 3.8) is 0 Å². The minimum Gasteiger partial charge on any atom is -0.492 e. The molecule has 3 nitrogen and oxygen atoms in total. The summed E-state index contributed by atoms with van der Waals surface area (Å²) in [5.74, 6) is -0.0468. The highest BCUT2D eigenvalue weighted by Crippen LogP contribution is 2.34. The third-order valence-electron chi connectivity index (χ3n) is 3.27. The van der Waals surface area contributed by atoms with E-state index in [1.165, 1.54) is 6.07 Å². The summed E-state index contributed by atoms with van der Waals surface area (Å²) in [4.78, 5) is 11.9. The second-order valence-electron chi connectivity index (χ2n) is 5.27. The van der Waals surface area contributed by atoms with Crippen molar-refractivity contribution in [1.29, 1.82) is 0 Å². The van der Waals surface area contributed by atoms with Crippen molar-refractivity contribution in [1.82, 2.24) is 0 Å². The smallest absolute Gasteiger partial charge is 0.416 e. The van der Waals surface area contributed by atoms with Crippen LogP contribution in [-0.4, -0.2) is 12.5 Å². The van der Waals surface area contributed by atoms with Crippen molar-refractivity contribution in [3.8, 4) is 5.75 Å². The van der Waals surface area contributed by atoms with Crippen molar-refractivity contribution < 1.29 is 22.7 Å². The Morgan fingerprint density at radius 3 is 2.42 bits per heavy atom. The standard InChI is InChI=1S/C17H13Cl3F3NO2/c18-11-4-6-15(13(20)9-11)26-7-1-2-16(25)24-14-8-10(17(21,22)23)3-5-12(14)19/h3-6,8-9H,1-2,7H2,(H,24,25). The molecule has 0 saturated heterocycles. The molecule has 0 aromatic heterocycles. The van der Waals surface area contributed by atoms with E-state index in [1.807, 2.05) is 0 Å². The largest absolute Gasteiger partial charge is 0.492 e. The van der Waals surface area contributed by atoms with Crippen LogP contribution in [0.25, 0.3) is 0 Å². The molecule has 1 amide bonds. The number of benzene rings is 2. The maximum absolute atomic E-state index is 12.7. The number of anilines is 1. The Morgan fingerprint density at radius 2 is 1.77 bits per heavy atom. The van der Waals surface area contributed by atoms with Crippen molar-refractivity contribution in [2.24, 2.45) is 0 Å². The van der Waals surface area contributed by atoms with Crippen LogP contribution in [-0.2, 0) is 11.0 Å². The quantitative estimate of drug-likeness (QED) is 0.538. The highest BCUT2D eigenvalue weighted by molar-refractivity contribution is 6.35. The van der Waals surface area contributed by atoms with Crippen LogP contribution in [0.1, 0.15) is 18.4 Å². The van der Waals surface area contributed by atoms with Gasteiger partial charge in [0.05, 0.1) is 27.9 Å². The molecule has 140 valence electrons. The van der Waals surface area contributed by atoms with Gasteiger partial charge in [0.15, 0.2) is 0 Å². The molecule has 2 rings (SSSR count). The van der Waals surface area contributed by atoms with Crippen molar-refractivity contribution in [3.05, 3.63) is 57.0 Å². The van der Waals surface area contributed by atoms with E-state index in [2.05, 4.69) is 5.32 Å². The van der Waals surface area contributed by atoms with Gasteiger partial charge >= 0.3 is 6.18 Å². The molecule has 0 atom stereocenters. The minimum atomic E-state index is -4.52. The van der Waals surface area contributed by atoms with E-state index in [-0.39, 0.29) is 23.7 Å². The Bertz CT molecular complexity index is 797. The number of hydrogen-bond acceptors (Lipinski definition) is 2. The number of alkyl halides is 3. The van der Waals surface area contributed by atoms with Gasteiger partial charge in [-0.2, -0.15) is 13.2 Å². The van der Waals surface area contributed by atoms with Gasteiger partial charge in [0, 0.05) is 11.4 Å². The number of nitrogens with one attached hydrogen (secondary N) is 1. The lowest BCUT2D eigenvalue weighted by Gasteiger charge is -2.12. The van der Waals surface area contributed by atoms with Crippen LogP contribution >= 0.6 is 34.8 Å². The second-order valence-corrected chi connectivity index (χ2v) is 6.52. The third-order valence-corrected chi connectivity index (χ3v) is 4.13. The van der Waals surface area contributed by atoms with Gasteiger partial charge in [-0.25, -0.2) is 0 Å². The Kier molecular flexibility index (Phi) is 7.03. The third kappa shape index (κ3) is 5.97. The summed E-state index contributed by atoms with van der Waals surface area (Å²) < 4.78 is 43.6. The lowest BCUT2D eigenvalue weighted by atomic mass is 10.2. The molecule has 2 aromatic carbocycles. The van der Waals surface area contributed by atoms with E-state index >= 15 is 0 Å². The van der Waals surface area contributed by atoms with Crippen LogP contribution in [0.15, 0.2) is 36.4 Å². The maximum Gasteiger partial charge on any atom is 0.416 e. The number of amides is 1. The van der Waals surface area contributed by atoms with Gasteiger partial charge in [0.1, 0.15) is 5.75 Å². The molecule has 0 heterocycles. The first-order valence-electron chi connectivity index (χ1n) is 7.41. The zero-order valence-electron chi connectivity index (χ0n) is 13.2. The fourth-order valence-corrected chi connectivity index (χ4v) is 2.65. The summed E-state index contributed by atoms with van der Waals surface area (Å²) in [7, 11) is 0. The predicted octanol–water partition coefficient (Wildman–Crippen LogP) is 6.46. The van der Waals surface area contributed by atoms with Crippen LogP contribution < -0.4 is 10.1 Å². The van der Waals surface area contributed by atoms with Gasteiger partial charge in [-0.1, -0.05) is 34.8 Å². The molecule has 26 heavy (non-hydrogen) atoms. The summed E-state index contributed by atoms with van der Waals surface area (Å²) in [6.07, 6.45) is -4.14. The fourth-order valence-electron chi connectivity index (χ4n) is 2.02. The summed E-state index contributed by atoms with van der Waals surface area (Å²) in [5.41, 5.74) is -0.980. The highest BCUT2D eigenvalue weighted by atomic mass is 35.5. The molecular formula is C17H13Cl3F3NO2. The van der Waals surface area contributed by atoms with Crippen LogP contribution in [0, 0.1) is 0 Å². The van der Waals surface area contributed by atoms with Gasteiger partial charge in [-0.3, -0.25) is 4.79 Å². The first-order valence-corrected chi connectivity index (χ1v) is 8.54. The first-order chi connectivity index (χ1) is 12.2. The van der Waals surface area contributed by atoms with Crippen LogP contribution in [0.4, 0.5) is 18.9 Å². The van der Waals surface area contributed by atoms with Crippen molar-refractivity contribution >= 4 is 46.4 Å². The number of carbonyl (C=O) groups excluding carboxylic acids is 1. The van der Waals surface area contributed by atoms with Crippen LogP contribution in [0.5, 0.6) is 5.75 Å². The molecule has 0 unspecified atom stereocenters. The maximum atomic E-state index is 12.7. The monoisotopic (exact) mass is 425 g/mol. The number of halogens is 6. The molecular weight excluding hydrogens is 414 g/mol. The Hall–Kier alpha value is -1.63. The second kappa shape index (κ2) is 8.84. The van der Waals surface area contributed by atoms with Crippen molar-refractivity contribution in [2.45, 2.75) is 19.0 Å². The SMILES string of the molecule is O=C(CCCOc1ccc(Cl)cc1Cl)Nc1cc(C(F)(F)F)ccc1Cl. The molecule has 0 saturated carbocycles. The van der Waals surface area contributed by atoms with E-state index in [4.69, 9.17) is 39.5 Å². The number of carbonyl (C=O) groups is 1. The van der Waals surface area contributed by atoms with Crippen LogP contribution in [0.2, 0.25) is 15.1 Å². The number of ether oxygens (including phenoxy) is 1. The highest BCUT2D eigenvalue weighted by Gasteiger charge is 2.31. The lowest BCUT2D eigenvalue weighted by molar-refractivity contribution is -0.137. The van der Waals surface area contributed by atoms with Gasteiger partial charge in [-0.15, -0.1) is 0 Å². The minimum absolute atomic E-state index is 0.0237. The van der Waals surface area contributed by atoms with Crippen LogP contribution in [0.3, 0.4) is 0 Å². The average molecular weight is 427 g/mol. The summed E-state index contributed by atoms with van der Waals surface area (Å²) in [6.45, 7) is 0.199. The summed E-state index contributed by atoms with van der Waals surface area (Å²) >= 11 is 17.6. The van der Waals surface area contributed by atoms with Gasteiger partial charge < -0.3 is 10.1 Å². The van der Waals surface area contributed by atoms with E-state index in [9.17, 15) is 18.0 Å². The van der Waals surface area contributed by atoms with E-state index in [0.29, 0.717) is 22.2 Å². The molecule has 1 N–H and O–H groups in total. The molecule has 0 radical (unpaired) electrons. The summed E-state index contributed by atoms with van der Waals surface area (Å²) in [5, 5.41) is 3.21. The summed E-state index contributed by atoms with van der Waals surface area (Å²) in [6, 6.07) is 7.48. The lowest BCUT2D eigenvalue weighted by Crippen LogP contribution is -2.14. The zero-order valence-corrected chi connectivity index (χ0v) is 15.4. The van der Waals surface area contributed by atoms with Gasteiger partial charge in [0.25, 0.3) is 0 Å². The number of hydrogen-bond donors (Lipinski definition) is 1. The van der Waals surface area contributed by atoms with Gasteiger partial charge in [0.2, 0.25) is 5.91 Å². The molecule has 0 bridgehead atoms. The molecule has 0 aliphatic carbocycles. The Balaban J connectivity index is 1.85. The van der Waals surface area contributed by atoms with E-state index < -0.39 is 17.6 Å². The molecule has 0 aliphatic heterocycles. The molecule has 0 spiro atoms. The Labute approximate surface area is 163 Å². The molecule has 2 aromatic rings. The normalized spacial score (nSPS) is 11.3. The van der Waals surface area contributed by atoms with E-state index in [1.54, 1.807) is 12.1 Å². The average Bonchev–Trinajstić information content (AvgIpc) is 2.54. The number of rotatable bonds is 6. The van der Waals surface area contributed by atoms with Crippen molar-refractivity contribution in [2.75, 3.05) is 11.9 Å². The predicted molar refractivity (Wildman–Crippen MR) is 96.3 cm³/mol. The van der Waals surface area contributed by atoms with E-state index in [0.717, 1.165) is 18.2 Å². The topological polar surface area (TPSA) is 38.3 Å². The zero-order chi connectivity index (χ0) is 19.3. The molecule has 9 heteroatoms. The molecule has 0 fully saturated rings. The fraction of sp³-hybridized carbons (Fsp3) is 0.235. The first kappa shape index (κ1) is 20.7.